The molecule has 0 saturated carbocycles. The van der Waals surface area contributed by atoms with Crippen molar-refractivity contribution in [2.75, 3.05) is 0 Å². The third-order valence-corrected chi connectivity index (χ3v) is 2.83. The first-order chi connectivity index (χ1) is 6.68. The maximum Gasteiger partial charge on any atom is 0.124 e. The number of ether oxygens (including phenoxy) is 1. The molecule has 1 aliphatic rings. The van der Waals surface area contributed by atoms with Crippen molar-refractivity contribution in [2.24, 2.45) is 11.7 Å². The molecule has 0 amide bonds. The van der Waals surface area contributed by atoms with Crippen LogP contribution in [0.3, 0.4) is 0 Å². The van der Waals surface area contributed by atoms with Gasteiger partial charge in [-0.25, -0.2) is 0 Å². The molecule has 2 nitrogen and oxygen atoms in total. The summed E-state index contributed by atoms with van der Waals surface area (Å²) in [5, 5.41) is 0. The van der Waals surface area contributed by atoms with Crippen LogP contribution in [0.25, 0.3) is 0 Å². The lowest BCUT2D eigenvalue weighted by molar-refractivity contribution is 0.115. The number of hydrogen-bond acceptors (Lipinski definition) is 2. The molecule has 0 aromatic heterocycles. The van der Waals surface area contributed by atoms with E-state index in [1.165, 1.54) is 0 Å². The Morgan fingerprint density at radius 3 is 2.79 bits per heavy atom. The van der Waals surface area contributed by atoms with Gasteiger partial charge in [0.2, 0.25) is 0 Å². The van der Waals surface area contributed by atoms with E-state index in [0.717, 1.165) is 17.7 Å². The molecular formula is C12H17NO. The average molecular weight is 191 g/mol. The monoisotopic (exact) mass is 191 g/mol. The minimum Gasteiger partial charge on any atom is -0.490 e. The molecule has 0 aliphatic carbocycles. The van der Waals surface area contributed by atoms with Crippen LogP contribution >= 0.6 is 0 Å². The van der Waals surface area contributed by atoms with E-state index >= 15 is 0 Å². The van der Waals surface area contributed by atoms with E-state index in [4.69, 9.17) is 10.5 Å². The Hall–Kier alpha value is -1.02. The van der Waals surface area contributed by atoms with E-state index < -0.39 is 0 Å². The second-order valence-corrected chi connectivity index (χ2v) is 4.28. The smallest absolute Gasteiger partial charge is 0.124 e. The van der Waals surface area contributed by atoms with Crippen LogP contribution in [0, 0.1) is 5.92 Å². The lowest BCUT2D eigenvalue weighted by Gasteiger charge is -2.32. The molecule has 14 heavy (non-hydrogen) atoms. The van der Waals surface area contributed by atoms with Crippen molar-refractivity contribution in [1.82, 2.24) is 0 Å². The summed E-state index contributed by atoms with van der Waals surface area (Å²) >= 11 is 0. The molecule has 76 valence electrons. The van der Waals surface area contributed by atoms with Crippen LogP contribution in [0.4, 0.5) is 0 Å². The summed E-state index contributed by atoms with van der Waals surface area (Å²) in [6.07, 6.45) is 1.19. The summed E-state index contributed by atoms with van der Waals surface area (Å²) < 4.78 is 5.88. The van der Waals surface area contributed by atoms with Gasteiger partial charge in [-0.2, -0.15) is 0 Å². The maximum absolute atomic E-state index is 6.09. The molecule has 0 radical (unpaired) electrons. The van der Waals surface area contributed by atoms with Crippen molar-refractivity contribution >= 4 is 0 Å². The summed E-state index contributed by atoms with van der Waals surface area (Å²) in [5.74, 6) is 1.49. The van der Waals surface area contributed by atoms with Crippen LogP contribution in [0.1, 0.15) is 31.9 Å². The highest BCUT2D eigenvalue weighted by molar-refractivity contribution is 5.37. The molecule has 1 heterocycles. The first-order valence-corrected chi connectivity index (χ1v) is 5.19. The molecular weight excluding hydrogens is 174 g/mol. The van der Waals surface area contributed by atoms with Crippen LogP contribution < -0.4 is 10.5 Å². The van der Waals surface area contributed by atoms with E-state index in [1.807, 2.05) is 18.2 Å². The van der Waals surface area contributed by atoms with Crippen molar-refractivity contribution < 1.29 is 4.74 Å². The van der Waals surface area contributed by atoms with Crippen molar-refractivity contribution in [3.05, 3.63) is 29.8 Å². The standard InChI is InChI=1S/C12H17NO/c1-8(2)12-7-10(13)9-5-3-4-6-11(9)14-12/h3-6,8,10,12H,7,13H2,1-2H3/t10-,12?/m1/s1. The molecule has 2 atom stereocenters. The van der Waals surface area contributed by atoms with Crippen LogP contribution in [0.5, 0.6) is 5.75 Å². The summed E-state index contributed by atoms with van der Waals surface area (Å²) in [4.78, 5) is 0. The molecule has 1 aliphatic heterocycles. The Bertz CT molecular complexity index is 322. The van der Waals surface area contributed by atoms with Crippen LogP contribution in [-0.4, -0.2) is 6.10 Å². The van der Waals surface area contributed by atoms with Gasteiger partial charge in [-0.15, -0.1) is 0 Å². The minimum absolute atomic E-state index is 0.132. The Morgan fingerprint density at radius 2 is 2.07 bits per heavy atom. The highest BCUT2D eigenvalue weighted by Gasteiger charge is 2.27. The number of fused-ring (bicyclic) bond motifs is 1. The zero-order chi connectivity index (χ0) is 10.1. The van der Waals surface area contributed by atoms with Crippen LogP contribution in [-0.2, 0) is 0 Å². The van der Waals surface area contributed by atoms with Gasteiger partial charge >= 0.3 is 0 Å². The molecule has 0 bridgehead atoms. The van der Waals surface area contributed by atoms with Gasteiger partial charge < -0.3 is 10.5 Å². The third kappa shape index (κ3) is 1.62. The first-order valence-electron chi connectivity index (χ1n) is 5.19. The molecule has 1 unspecified atom stereocenters. The Balaban J connectivity index is 2.29. The molecule has 0 fully saturated rings. The summed E-state index contributed by atoms with van der Waals surface area (Å²) in [6.45, 7) is 4.34. The summed E-state index contributed by atoms with van der Waals surface area (Å²) in [5.41, 5.74) is 7.24. The quantitative estimate of drug-likeness (QED) is 0.740. The number of benzene rings is 1. The van der Waals surface area contributed by atoms with Gasteiger partial charge in [0.15, 0.2) is 0 Å². The topological polar surface area (TPSA) is 35.2 Å². The zero-order valence-electron chi connectivity index (χ0n) is 8.73. The SMILES string of the molecule is CC(C)C1C[C@@H](N)c2ccccc2O1. The van der Waals surface area contributed by atoms with Gasteiger partial charge in [-0.05, 0) is 12.0 Å². The summed E-state index contributed by atoms with van der Waals surface area (Å²) in [6, 6.07) is 8.19. The lowest BCUT2D eigenvalue weighted by atomic mass is 9.92. The van der Waals surface area contributed by atoms with Crippen molar-refractivity contribution in [3.8, 4) is 5.75 Å². The highest BCUT2D eigenvalue weighted by atomic mass is 16.5. The van der Waals surface area contributed by atoms with Crippen molar-refractivity contribution in [2.45, 2.75) is 32.4 Å². The molecule has 1 aromatic rings. The van der Waals surface area contributed by atoms with E-state index in [0.29, 0.717) is 5.92 Å². The second kappa shape index (κ2) is 3.62. The van der Waals surface area contributed by atoms with Gasteiger partial charge in [0.05, 0.1) is 0 Å². The number of hydrogen-bond donors (Lipinski definition) is 1. The van der Waals surface area contributed by atoms with Gasteiger partial charge in [0.25, 0.3) is 0 Å². The maximum atomic E-state index is 6.09. The Labute approximate surface area is 85.1 Å². The molecule has 1 aromatic carbocycles. The fourth-order valence-corrected chi connectivity index (χ4v) is 1.89. The van der Waals surface area contributed by atoms with Crippen LogP contribution in [0.15, 0.2) is 24.3 Å². The number of rotatable bonds is 1. The highest BCUT2D eigenvalue weighted by Crippen LogP contribution is 2.34. The molecule has 0 spiro atoms. The normalized spacial score (nSPS) is 25.7. The number of nitrogens with two attached hydrogens (primary N) is 1. The van der Waals surface area contributed by atoms with Crippen LogP contribution in [0.2, 0.25) is 0 Å². The van der Waals surface area contributed by atoms with E-state index in [1.54, 1.807) is 0 Å². The van der Waals surface area contributed by atoms with Gasteiger partial charge in [0.1, 0.15) is 11.9 Å². The predicted octanol–water partition coefficient (Wildman–Crippen LogP) is 2.49. The fraction of sp³-hybridized carbons (Fsp3) is 0.500. The number of para-hydroxylation sites is 1. The second-order valence-electron chi connectivity index (χ2n) is 4.28. The largest absolute Gasteiger partial charge is 0.490 e. The van der Waals surface area contributed by atoms with Crippen molar-refractivity contribution in [1.29, 1.82) is 0 Å². The Kier molecular flexibility index (Phi) is 2.46. The Morgan fingerprint density at radius 1 is 1.36 bits per heavy atom. The first kappa shape index (κ1) is 9.53. The van der Waals surface area contributed by atoms with Crippen molar-refractivity contribution in [3.63, 3.8) is 0 Å². The van der Waals surface area contributed by atoms with E-state index in [2.05, 4.69) is 19.9 Å². The van der Waals surface area contributed by atoms with E-state index in [9.17, 15) is 0 Å². The van der Waals surface area contributed by atoms with E-state index in [-0.39, 0.29) is 12.1 Å². The third-order valence-electron chi connectivity index (χ3n) is 2.83. The average Bonchev–Trinajstić information content (AvgIpc) is 2.17. The van der Waals surface area contributed by atoms with Gasteiger partial charge in [0, 0.05) is 18.0 Å². The molecule has 2 heteroatoms. The van der Waals surface area contributed by atoms with Gasteiger partial charge in [-0.1, -0.05) is 32.0 Å². The molecule has 2 N–H and O–H groups in total. The fourth-order valence-electron chi connectivity index (χ4n) is 1.89. The molecule has 0 saturated heterocycles. The summed E-state index contributed by atoms with van der Waals surface area (Å²) in [7, 11) is 0. The zero-order valence-corrected chi connectivity index (χ0v) is 8.73. The minimum atomic E-state index is 0.132. The lowest BCUT2D eigenvalue weighted by Crippen LogP contribution is -2.33. The predicted molar refractivity (Wildman–Crippen MR) is 57.2 cm³/mol. The molecule has 2 rings (SSSR count). The van der Waals surface area contributed by atoms with Gasteiger partial charge in [-0.3, -0.25) is 0 Å².